The number of rotatable bonds is 6. The summed E-state index contributed by atoms with van der Waals surface area (Å²) in [6.07, 6.45) is 3.86. The molecular formula is C20H21F3. The van der Waals surface area contributed by atoms with Crippen molar-refractivity contribution in [2.24, 2.45) is 0 Å². The summed E-state index contributed by atoms with van der Waals surface area (Å²) in [6, 6.07) is 10.6. The van der Waals surface area contributed by atoms with Gasteiger partial charge in [-0.2, -0.15) is 0 Å². The van der Waals surface area contributed by atoms with Gasteiger partial charge in [-0.05, 0) is 37.5 Å². The molecule has 0 fully saturated rings. The minimum Gasteiger partial charge on any atom is -0.206 e. The zero-order valence-electron chi connectivity index (χ0n) is 13.5. The van der Waals surface area contributed by atoms with Crippen LogP contribution < -0.4 is 0 Å². The first-order valence-corrected chi connectivity index (χ1v) is 7.94. The van der Waals surface area contributed by atoms with Crippen molar-refractivity contribution in [1.82, 2.24) is 0 Å². The van der Waals surface area contributed by atoms with Crippen LogP contribution >= 0.6 is 0 Å². The number of unbranched alkanes of at least 4 members (excludes halogenated alkanes) is 2. The summed E-state index contributed by atoms with van der Waals surface area (Å²) in [5, 5.41) is 0. The zero-order chi connectivity index (χ0) is 16.8. The van der Waals surface area contributed by atoms with Gasteiger partial charge in [0.25, 0.3) is 0 Å². The molecule has 0 nitrogen and oxygen atoms in total. The Bertz CT molecular complexity index is 685. The van der Waals surface area contributed by atoms with Gasteiger partial charge < -0.3 is 0 Å². The fraction of sp³-hybridized carbons (Fsp3) is 0.300. The Kier molecular flexibility index (Phi) is 6.03. The number of benzene rings is 2. The van der Waals surface area contributed by atoms with Crippen molar-refractivity contribution in [2.45, 2.75) is 39.5 Å². The van der Waals surface area contributed by atoms with E-state index < -0.39 is 17.5 Å². The lowest BCUT2D eigenvalue weighted by Crippen LogP contribution is -1.93. The van der Waals surface area contributed by atoms with Crippen molar-refractivity contribution in [1.29, 1.82) is 0 Å². The molecule has 0 saturated heterocycles. The smallest absolute Gasteiger partial charge is 0.169 e. The largest absolute Gasteiger partial charge is 0.206 e. The first-order chi connectivity index (χ1) is 11.0. The second kappa shape index (κ2) is 8.00. The van der Waals surface area contributed by atoms with Crippen LogP contribution in [0.25, 0.3) is 11.7 Å². The monoisotopic (exact) mass is 318 g/mol. The Balaban J connectivity index is 2.26. The summed E-state index contributed by atoms with van der Waals surface area (Å²) >= 11 is 0. The topological polar surface area (TPSA) is 0 Å². The van der Waals surface area contributed by atoms with Crippen LogP contribution in [0.5, 0.6) is 0 Å². The molecule has 3 heteroatoms. The van der Waals surface area contributed by atoms with Crippen molar-refractivity contribution < 1.29 is 13.2 Å². The highest BCUT2D eigenvalue weighted by Crippen LogP contribution is 2.30. The lowest BCUT2D eigenvalue weighted by molar-refractivity contribution is 0.607. The average molecular weight is 318 g/mol. The van der Waals surface area contributed by atoms with Crippen LogP contribution in [-0.4, -0.2) is 0 Å². The molecular weight excluding hydrogens is 297 g/mol. The molecule has 23 heavy (non-hydrogen) atoms. The highest BCUT2D eigenvalue weighted by molar-refractivity contribution is 5.83. The van der Waals surface area contributed by atoms with Gasteiger partial charge >= 0.3 is 0 Å². The van der Waals surface area contributed by atoms with Crippen LogP contribution in [-0.2, 0) is 6.42 Å². The van der Waals surface area contributed by atoms with E-state index in [4.69, 9.17) is 0 Å². The normalized spacial score (nSPS) is 12.2. The van der Waals surface area contributed by atoms with E-state index in [1.807, 2.05) is 6.92 Å². The Morgan fingerprint density at radius 2 is 1.61 bits per heavy atom. The average Bonchev–Trinajstić information content (AvgIpc) is 2.55. The van der Waals surface area contributed by atoms with Gasteiger partial charge in [0.15, 0.2) is 11.7 Å². The molecule has 0 radical (unpaired) electrons. The van der Waals surface area contributed by atoms with E-state index in [0.717, 1.165) is 36.8 Å². The molecule has 0 N–H and O–H groups in total. The van der Waals surface area contributed by atoms with E-state index in [2.05, 4.69) is 6.92 Å². The first kappa shape index (κ1) is 17.3. The van der Waals surface area contributed by atoms with E-state index in [1.165, 1.54) is 24.3 Å². The number of hydrogen-bond donors (Lipinski definition) is 0. The Labute approximate surface area is 135 Å². The van der Waals surface area contributed by atoms with Crippen molar-refractivity contribution in [2.75, 3.05) is 0 Å². The third-order valence-electron chi connectivity index (χ3n) is 3.84. The van der Waals surface area contributed by atoms with E-state index >= 15 is 0 Å². The van der Waals surface area contributed by atoms with Crippen LogP contribution in [0.2, 0.25) is 0 Å². The van der Waals surface area contributed by atoms with Crippen LogP contribution in [0.15, 0.2) is 42.5 Å². The highest BCUT2D eigenvalue weighted by Gasteiger charge is 2.15. The molecule has 0 atom stereocenters. The van der Waals surface area contributed by atoms with Crippen LogP contribution in [0.3, 0.4) is 0 Å². The number of aryl methyl sites for hydroxylation is 2. The number of halogens is 3. The summed E-state index contributed by atoms with van der Waals surface area (Å²) in [6.45, 7) is 3.95. The minimum atomic E-state index is -1.16. The van der Waals surface area contributed by atoms with Crippen molar-refractivity contribution in [3.8, 4) is 0 Å². The van der Waals surface area contributed by atoms with Gasteiger partial charge in [0.05, 0.1) is 0 Å². The molecule has 0 bridgehead atoms. The fourth-order valence-electron chi connectivity index (χ4n) is 2.42. The van der Waals surface area contributed by atoms with Gasteiger partial charge in [-0.3, -0.25) is 0 Å². The molecule has 0 heterocycles. The lowest BCUT2D eigenvalue weighted by atomic mass is 10.0. The van der Waals surface area contributed by atoms with Gasteiger partial charge in [0.1, 0.15) is 5.82 Å². The summed E-state index contributed by atoms with van der Waals surface area (Å²) in [4.78, 5) is 0. The maximum absolute atomic E-state index is 14.3. The Morgan fingerprint density at radius 1 is 0.913 bits per heavy atom. The van der Waals surface area contributed by atoms with Gasteiger partial charge in [-0.25, -0.2) is 13.2 Å². The van der Waals surface area contributed by atoms with Gasteiger partial charge in [0, 0.05) is 11.1 Å². The van der Waals surface area contributed by atoms with Crippen molar-refractivity contribution >= 4 is 11.7 Å². The molecule has 0 aromatic heterocycles. The molecule has 0 spiro atoms. The molecule has 0 saturated carbocycles. The van der Waals surface area contributed by atoms with Crippen LogP contribution in [0.4, 0.5) is 13.2 Å². The molecule has 2 aromatic carbocycles. The summed E-state index contributed by atoms with van der Waals surface area (Å²) in [7, 11) is 0. The van der Waals surface area contributed by atoms with Crippen LogP contribution in [0.1, 0.15) is 48.4 Å². The maximum Gasteiger partial charge on any atom is 0.169 e. The summed E-state index contributed by atoms with van der Waals surface area (Å²) in [5.41, 5.74) is 1.54. The van der Waals surface area contributed by atoms with E-state index in [9.17, 15) is 13.2 Å². The third-order valence-corrected chi connectivity index (χ3v) is 3.84. The van der Waals surface area contributed by atoms with E-state index in [-0.39, 0.29) is 11.1 Å². The summed E-state index contributed by atoms with van der Waals surface area (Å²) in [5.74, 6) is -2.92. The van der Waals surface area contributed by atoms with Crippen molar-refractivity contribution in [3.63, 3.8) is 0 Å². The Hall–Kier alpha value is -2.03. The minimum absolute atomic E-state index is 0.111. The van der Waals surface area contributed by atoms with Gasteiger partial charge in [0.2, 0.25) is 0 Å². The molecule has 0 unspecified atom stereocenters. The Morgan fingerprint density at radius 3 is 2.22 bits per heavy atom. The molecule has 0 amide bonds. The molecule has 122 valence electrons. The lowest BCUT2D eigenvalue weighted by Gasteiger charge is -2.07. The quantitative estimate of drug-likeness (QED) is 0.414. The number of hydrogen-bond acceptors (Lipinski definition) is 0. The third kappa shape index (κ3) is 4.47. The van der Waals surface area contributed by atoms with Gasteiger partial charge in [-0.1, -0.05) is 55.7 Å². The van der Waals surface area contributed by atoms with Gasteiger partial charge in [-0.15, -0.1) is 0 Å². The fourth-order valence-corrected chi connectivity index (χ4v) is 2.42. The summed E-state index contributed by atoms with van der Waals surface area (Å²) < 4.78 is 42.6. The molecule has 2 aromatic rings. The molecule has 2 rings (SSSR count). The molecule has 0 aliphatic heterocycles. The molecule has 0 aliphatic rings. The first-order valence-electron chi connectivity index (χ1n) is 7.94. The SMILES string of the molecule is CCCCCc1ccc(/C(F)=C(\F)c2ccc(C)cc2)c(F)c1. The molecule has 0 aliphatic carbocycles. The highest BCUT2D eigenvalue weighted by atomic mass is 19.2. The van der Waals surface area contributed by atoms with E-state index in [0.29, 0.717) is 0 Å². The maximum atomic E-state index is 14.3. The zero-order valence-corrected chi connectivity index (χ0v) is 13.5. The predicted molar refractivity (Wildman–Crippen MR) is 89.8 cm³/mol. The predicted octanol–water partition coefficient (Wildman–Crippen LogP) is 6.63. The van der Waals surface area contributed by atoms with E-state index in [1.54, 1.807) is 18.2 Å². The van der Waals surface area contributed by atoms with Crippen LogP contribution in [0, 0.1) is 12.7 Å². The second-order valence-corrected chi connectivity index (χ2v) is 5.77. The second-order valence-electron chi connectivity index (χ2n) is 5.77. The standard InChI is InChI=1S/C20H21F3/c1-3-4-5-6-15-9-12-17(18(21)13-15)20(23)19(22)16-10-7-14(2)8-11-16/h7-13H,3-6H2,1-2H3/b20-19+. The van der Waals surface area contributed by atoms with Crippen molar-refractivity contribution in [3.05, 3.63) is 70.5 Å².